The molecule has 7 nitrogen and oxygen atoms in total. The first-order chi connectivity index (χ1) is 14.0. The fourth-order valence-corrected chi connectivity index (χ4v) is 3.51. The number of carbonyl (C=O) groups excluding carboxylic acids is 1. The first kappa shape index (κ1) is 26.3. The normalized spacial score (nSPS) is 12.1. The number of halogens is 1. The maximum atomic E-state index is 12.1. The second kappa shape index (κ2) is 14.3. The molecule has 0 aliphatic heterocycles. The second-order valence-corrected chi connectivity index (χ2v) is 7.56. The molecule has 2 rings (SSSR count). The summed E-state index contributed by atoms with van der Waals surface area (Å²) in [6, 6.07) is 10.1. The van der Waals surface area contributed by atoms with Crippen molar-refractivity contribution >= 4 is 47.2 Å². The molecule has 0 spiro atoms. The number of guanidine groups is 1. The van der Waals surface area contributed by atoms with Gasteiger partial charge in [-0.1, -0.05) is 30.3 Å². The quantitative estimate of drug-likeness (QED) is 0.273. The molecule has 2 N–H and O–H groups in total. The summed E-state index contributed by atoms with van der Waals surface area (Å²) in [6.07, 6.45) is 0.794. The standard InChI is InChI=1S/C21H31N5O2S.HI/c1-5-22-21(26(3)14-18-15-29-20(25-18)16(2)28-4)24-13-19(27)23-12-11-17-9-7-6-8-10-17;/h6-10,15-16H,5,11-14H2,1-4H3,(H,22,24)(H,23,27);1H. The van der Waals surface area contributed by atoms with Gasteiger partial charge < -0.3 is 20.3 Å². The predicted molar refractivity (Wildman–Crippen MR) is 134 cm³/mol. The van der Waals surface area contributed by atoms with Crippen LogP contribution >= 0.6 is 35.3 Å². The molecule has 0 saturated heterocycles. The van der Waals surface area contributed by atoms with Gasteiger partial charge >= 0.3 is 0 Å². The van der Waals surface area contributed by atoms with Gasteiger partial charge in [-0.2, -0.15) is 0 Å². The minimum atomic E-state index is -0.0883. The molecular formula is C21H32IN5O2S. The molecule has 9 heteroatoms. The van der Waals surface area contributed by atoms with Crippen molar-refractivity contribution in [3.05, 3.63) is 52.0 Å². The van der Waals surface area contributed by atoms with Crippen molar-refractivity contribution in [1.29, 1.82) is 0 Å². The SMILES string of the molecule is CCNC(=NCC(=O)NCCc1ccccc1)N(C)Cc1csc(C(C)OC)n1.I. The van der Waals surface area contributed by atoms with Gasteiger partial charge in [-0.25, -0.2) is 9.98 Å². The molecule has 1 atom stereocenters. The van der Waals surface area contributed by atoms with E-state index in [1.54, 1.807) is 18.4 Å². The van der Waals surface area contributed by atoms with E-state index in [1.165, 1.54) is 5.56 Å². The van der Waals surface area contributed by atoms with Crippen molar-refractivity contribution in [2.75, 3.05) is 33.8 Å². The Labute approximate surface area is 200 Å². The van der Waals surface area contributed by atoms with E-state index in [9.17, 15) is 4.79 Å². The highest BCUT2D eigenvalue weighted by Crippen LogP contribution is 2.20. The van der Waals surface area contributed by atoms with Crippen molar-refractivity contribution in [2.24, 2.45) is 4.99 Å². The Kier molecular flexibility index (Phi) is 12.6. The average molecular weight is 545 g/mol. The molecule has 30 heavy (non-hydrogen) atoms. The topological polar surface area (TPSA) is 78.9 Å². The first-order valence-corrected chi connectivity index (χ1v) is 10.7. The molecule has 0 saturated carbocycles. The van der Waals surface area contributed by atoms with Crippen molar-refractivity contribution in [3.8, 4) is 0 Å². The Morgan fingerprint density at radius 3 is 2.70 bits per heavy atom. The van der Waals surface area contributed by atoms with E-state index >= 15 is 0 Å². The molecule has 0 radical (unpaired) electrons. The molecule has 2 aromatic rings. The van der Waals surface area contributed by atoms with Crippen LogP contribution in [0, 0.1) is 0 Å². The highest BCUT2D eigenvalue weighted by atomic mass is 127. The van der Waals surface area contributed by atoms with Crippen molar-refractivity contribution in [3.63, 3.8) is 0 Å². The molecule has 166 valence electrons. The van der Waals surface area contributed by atoms with E-state index in [0.717, 1.165) is 23.7 Å². The van der Waals surface area contributed by atoms with Gasteiger partial charge in [0.2, 0.25) is 5.91 Å². The van der Waals surface area contributed by atoms with Crippen LogP contribution in [0.15, 0.2) is 40.7 Å². The van der Waals surface area contributed by atoms with Crippen molar-refractivity contribution in [2.45, 2.75) is 32.9 Å². The summed E-state index contributed by atoms with van der Waals surface area (Å²) in [5.74, 6) is 0.592. The summed E-state index contributed by atoms with van der Waals surface area (Å²) in [5, 5.41) is 9.13. The van der Waals surface area contributed by atoms with E-state index in [-0.39, 0.29) is 42.5 Å². The highest BCUT2D eigenvalue weighted by molar-refractivity contribution is 14.0. The lowest BCUT2D eigenvalue weighted by atomic mass is 10.1. The zero-order valence-corrected chi connectivity index (χ0v) is 21.2. The van der Waals surface area contributed by atoms with Gasteiger partial charge in [0.05, 0.1) is 12.2 Å². The maximum Gasteiger partial charge on any atom is 0.241 e. The van der Waals surface area contributed by atoms with Crippen LogP contribution in [0.25, 0.3) is 0 Å². The number of benzene rings is 1. The molecule has 0 bridgehead atoms. The summed E-state index contributed by atoms with van der Waals surface area (Å²) in [4.78, 5) is 23.2. The number of nitrogens with zero attached hydrogens (tertiary/aromatic N) is 3. The van der Waals surface area contributed by atoms with Crippen LogP contribution in [0.4, 0.5) is 0 Å². The third-order valence-corrected chi connectivity index (χ3v) is 5.37. The van der Waals surface area contributed by atoms with Gasteiger partial charge in [-0.3, -0.25) is 4.79 Å². The summed E-state index contributed by atoms with van der Waals surface area (Å²) in [6.45, 7) is 6.00. The van der Waals surface area contributed by atoms with Crippen LogP contribution in [0.5, 0.6) is 0 Å². The molecule has 1 aromatic heterocycles. The average Bonchev–Trinajstić information content (AvgIpc) is 3.19. The summed E-state index contributed by atoms with van der Waals surface area (Å²) in [5.41, 5.74) is 2.16. The lowest BCUT2D eigenvalue weighted by molar-refractivity contribution is -0.119. The van der Waals surface area contributed by atoms with E-state index in [4.69, 9.17) is 4.74 Å². The van der Waals surface area contributed by atoms with Gasteiger partial charge in [-0.05, 0) is 25.8 Å². The number of nitrogens with one attached hydrogen (secondary N) is 2. The molecule has 0 aliphatic carbocycles. The highest BCUT2D eigenvalue weighted by Gasteiger charge is 2.13. The van der Waals surface area contributed by atoms with Gasteiger partial charge in [0.25, 0.3) is 0 Å². The minimum Gasteiger partial charge on any atom is -0.375 e. The van der Waals surface area contributed by atoms with E-state index in [0.29, 0.717) is 19.0 Å². The molecule has 0 fully saturated rings. The molecular weight excluding hydrogens is 513 g/mol. The van der Waals surface area contributed by atoms with E-state index < -0.39 is 0 Å². The van der Waals surface area contributed by atoms with Crippen LogP contribution in [0.2, 0.25) is 0 Å². The minimum absolute atomic E-state index is 0. The summed E-state index contributed by atoms with van der Waals surface area (Å²) >= 11 is 1.59. The predicted octanol–water partition coefficient (Wildman–Crippen LogP) is 3.22. The van der Waals surface area contributed by atoms with Gasteiger partial charge in [0, 0.05) is 32.6 Å². The van der Waals surface area contributed by atoms with E-state index in [1.807, 2.05) is 49.4 Å². The van der Waals surface area contributed by atoms with Crippen molar-refractivity contribution in [1.82, 2.24) is 20.5 Å². The van der Waals surface area contributed by atoms with Crippen LogP contribution in [-0.2, 0) is 22.5 Å². The second-order valence-electron chi connectivity index (χ2n) is 6.67. The summed E-state index contributed by atoms with van der Waals surface area (Å²) in [7, 11) is 3.62. The fraction of sp³-hybridized carbons (Fsp3) is 0.476. The molecule has 1 amide bonds. The molecule has 1 unspecified atom stereocenters. The van der Waals surface area contributed by atoms with Crippen molar-refractivity contribution < 1.29 is 9.53 Å². The number of hydrogen-bond acceptors (Lipinski definition) is 5. The zero-order chi connectivity index (χ0) is 21.1. The van der Waals surface area contributed by atoms with Gasteiger partial charge in [0.15, 0.2) is 5.96 Å². The number of amides is 1. The third-order valence-electron chi connectivity index (χ3n) is 4.32. The number of aromatic nitrogens is 1. The Hall–Kier alpha value is -1.72. The fourth-order valence-electron chi connectivity index (χ4n) is 2.66. The lowest BCUT2D eigenvalue weighted by Crippen LogP contribution is -2.39. The molecule has 0 aliphatic rings. The lowest BCUT2D eigenvalue weighted by Gasteiger charge is -2.21. The molecule has 1 aromatic carbocycles. The largest absolute Gasteiger partial charge is 0.375 e. The van der Waals surface area contributed by atoms with Crippen LogP contribution in [-0.4, -0.2) is 55.5 Å². The van der Waals surface area contributed by atoms with Crippen LogP contribution < -0.4 is 10.6 Å². The Bertz CT molecular complexity index is 785. The Morgan fingerprint density at radius 1 is 1.30 bits per heavy atom. The van der Waals surface area contributed by atoms with Gasteiger partial charge in [0.1, 0.15) is 17.7 Å². The smallest absolute Gasteiger partial charge is 0.241 e. The summed E-state index contributed by atoms with van der Waals surface area (Å²) < 4.78 is 5.32. The maximum absolute atomic E-state index is 12.1. The Morgan fingerprint density at radius 2 is 2.03 bits per heavy atom. The first-order valence-electron chi connectivity index (χ1n) is 9.80. The number of carbonyl (C=O) groups is 1. The Balaban J connectivity index is 0.00000450. The monoisotopic (exact) mass is 545 g/mol. The van der Waals surface area contributed by atoms with E-state index in [2.05, 4.69) is 32.7 Å². The number of thiazole rings is 1. The number of rotatable bonds is 10. The van der Waals surface area contributed by atoms with Crippen LogP contribution in [0.1, 0.15) is 36.2 Å². The van der Waals surface area contributed by atoms with Crippen LogP contribution in [0.3, 0.4) is 0 Å². The number of aliphatic imine (C=N–C) groups is 1. The number of hydrogen-bond donors (Lipinski definition) is 2. The number of methoxy groups -OCH3 is 1. The van der Waals surface area contributed by atoms with Gasteiger partial charge in [-0.15, -0.1) is 35.3 Å². The zero-order valence-electron chi connectivity index (χ0n) is 18.1. The third kappa shape index (κ3) is 8.97. The molecule has 1 heterocycles. The number of ether oxygens (including phenoxy) is 1.